The van der Waals surface area contributed by atoms with Crippen molar-refractivity contribution in [3.63, 3.8) is 0 Å². The lowest BCUT2D eigenvalue weighted by molar-refractivity contribution is 0.102. The van der Waals surface area contributed by atoms with Gasteiger partial charge >= 0.3 is 0 Å². The zero-order valence-electron chi connectivity index (χ0n) is 24.3. The number of rotatable bonds is 7. The summed E-state index contributed by atoms with van der Waals surface area (Å²) in [6.45, 7) is 9.08. The van der Waals surface area contributed by atoms with Crippen LogP contribution in [0.4, 0.5) is 5.69 Å². The third-order valence-electron chi connectivity index (χ3n) is 7.55. The van der Waals surface area contributed by atoms with Crippen molar-refractivity contribution in [3.8, 4) is 23.0 Å². The van der Waals surface area contributed by atoms with Gasteiger partial charge in [0, 0.05) is 69.0 Å². The molecule has 4 heterocycles. The fraction of sp³-hybridized carbons (Fsp3) is 0.281. The second-order valence-corrected chi connectivity index (χ2v) is 10.9. The largest absolute Gasteiger partial charge is 0.438 e. The number of piperazine rings is 1. The minimum Gasteiger partial charge on any atom is -0.438 e. The molecule has 2 aromatic carbocycles. The third kappa shape index (κ3) is 6.00. The Bertz CT molecular complexity index is 1740. The van der Waals surface area contributed by atoms with Crippen LogP contribution in [-0.4, -0.2) is 73.7 Å². The van der Waals surface area contributed by atoms with E-state index in [0.717, 1.165) is 55.1 Å². The lowest BCUT2D eigenvalue weighted by Gasteiger charge is -2.32. The Balaban J connectivity index is 1.24. The van der Waals surface area contributed by atoms with E-state index in [9.17, 15) is 4.79 Å². The summed E-state index contributed by atoms with van der Waals surface area (Å²) in [5.74, 6) is 1.20. The Hall–Kier alpha value is -4.67. The van der Waals surface area contributed by atoms with Crippen molar-refractivity contribution in [3.05, 3.63) is 89.4 Å². The number of fused-ring (bicyclic) bond motifs is 1. The Labute approximate surface area is 245 Å². The zero-order chi connectivity index (χ0) is 29.2. The molecule has 3 aromatic heterocycles. The molecule has 0 aliphatic carbocycles. The highest BCUT2D eigenvalue weighted by Crippen LogP contribution is 2.32. The molecule has 0 spiro atoms. The van der Waals surface area contributed by atoms with E-state index in [-0.39, 0.29) is 5.91 Å². The van der Waals surface area contributed by atoms with Gasteiger partial charge in [0.1, 0.15) is 11.1 Å². The summed E-state index contributed by atoms with van der Waals surface area (Å²) in [6.07, 6.45) is 5.08. The van der Waals surface area contributed by atoms with Gasteiger partial charge in [-0.05, 0) is 74.0 Å². The number of nitrogens with zero attached hydrogens (tertiary/aromatic N) is 7. The van der Waals surface area contributed by atoms with Crippen LogP contribution in [0.5, 0.6) is 11.6 Å². The first-order valence-electron chi connectivity index (χ1n) is 14.0. The molecule has 1 fully saturated rings. The maximum atomic E-state index is 13.4. The summed E-state index contributed by atoms with van der Waals surface area (Å²) >= 11 is 0. The maximum Gasteiger partial charge on any atom is 0.255 e. The number of pyridine rings is 1. The second kappa shape index (κ2) is 11.7. The minimum atomic E-state index is -0.206. The first kappa shape index (κ1) is 27.5. The van der Waals surface area contributed by atoms with E-state index in [4.69, 9.17) is 9.72 Å². The molecule has 6 rings (SSSR count). The average molecular weight is 563 g/mol. The molecule has 0 unspecified atom stereocenters. The van der Waals surface area contributed by atoms with E-state index in [0.29, 0.717) is 34.1 Å². The lowest BCUT2D eigenvalue weighted by atomic mass is 10.1. The van der Waals surface area contributed by atoms with E-state index in [1.54, 1.807) is 35.4 Å². The summed E-state index contributed by atoms with van der Waals surface area (Å²) in [7, 11) is 3.99. The number of ether oxygens (including phenoxy) is 1. The summed E-state index contributed by atoms with van der Waals surface area (Å²) in [4.78, 5) is 31.7. The molecular formula is C32H34N8O2. The normalized spacial score (nSPS) is 14.3. The Kier molecular flexibility index (Phi) is 7.64. The molecule has 5 aromatic rings. The van der Waals surface area contributed by atoms with Crippen molar-refractivity contribution in [1.82, 2.24) is 34.5 Å². The number of aryl methyl sites for hydroxylation is 3. The van der Waals surface area contributed by atoms with Crippen LogP contribution >= 0.6 is 0 Å². The molecule has 214 valence electrons. The van der Waals surface area contributed by atoms with Gasteiger partial charge in [0.25, 0.3) is 5.91 Å². The molecule has 0 bridgehead atoms. The predicted octanol–water partition coefficient (Wildman–Crippen LogP) is 4.83. The first-order valence-corrected chi connectivity index (χ1v) is 14.0. The molecule has 1 aliphatic rings. The first-order chi connectivity index (χ1) is 20.3. The van der Waals surface area contributed by atoms with Crippen molar-refractivity contribution < 1.29 is 9.53 Å². The highest BCUT2D eigenvalue weighted by Gasteiger charge is 2.18. The van der Waals surface area contributed by atoms with Gasteiger partial charge in [-0.3, -0.25) is 19.4 Å². The smallest absolute Gasteiger partial charge is 0.255 e. The van der Waals surface area contributed by atoms with Crippen molar-refractivity contribution in [1.29, 1.82) is 0 Å². The number of nitrogens with one attached hydrogen (secondary N) is 1. The fourth-order valence-corrected chi connectivity index (χ4v) is 5.15. The van der Waals surface area contributed by atoms with Gasteiger partial charge in [0.05, 0.1) is 6.20 Å². The SMILES string of the molecule is Cc1cc(CN2CCN(C)CC2)cc(NC(=O)c2ccc(C)c(Oc3nc(-c4ccncc4)nc4c3cnn4C)c2)c1. The van der Waals surface area contributed by atoms with Crippen LogP contribution < -0.4 is 10.1 Å². The van der Waals surface area contributed by atoms with Crippen molar-refractivity contribution in [2.45, 2.75) is 20.4 Å². The maximum absolute atomic E-state index is 13.4. The molecule has 42 heavy (non-hydrogen) atoms. The quantitative estimate of drug-likeness (QED) is 0.301. The highest BCUT2D eigenvalue weighted by atomic mass is 16.5. The van der Waals surface area contributed by atoms with Gasteiger partial charge in [0.15, 0.2) is 11.5 Å². The van der Waals surface area contributed by atoms with Crippen LogP contribution in [0.15, 0.2) is 67.1 Å². The predicted molar refractivity (Wildman–Crippen MR) is 163 cm³/mol. The van der Waals surface area contributed by atoms with E-state index in [1.807, 2.05) is 38.2 Å². The number of likely N-dealkylation sites (N-methyl/N-ethyl adjacent to an activating group) is 1. The number of hydrogen-bond acceptors (Lipinski definition) is 8. The molecule has 1 N–H and O–H groups in total. The number of aromatic nitrogens is 5. The van der Waals surface area contributed by atoms with E-state index >= 15 is 0 Å². The molecule has 0 saturated carbocycles. The van der Waals surface area contributed by atoms with E-state index in [2.05, 4.69) is 56.3 Å². The van der Waals surface area contributed by atoms with Gasteiger partial charge in [-0.25, -0.2) is 4.98 Å². The van der Waals surface area contributed by atoms with Crippen molar-refractivity contribution in [2.24, 2.45) is 7.05 Å². The molecule has 0 radical (unpaired) electrons. The van der Waals surface area contributed by atoms with Gasteiger partial charge in [0.2, 0.25) is 5.88 Å². The van der Waals surface area contributed by atoms with Gasteiger partial charge in [-0.1, -0.05) is 12.1 Å². The van der Waals surface area contributed by atoms with Crippen molar-refractivity contribution in [2.75, 3.05) is 38.5 Å². The summed E-state index contributed by atoms with van der Waals surface area (Å²) in [5, 5.41) is 8.12. The Morgan fingerprint density at radius 3 is 2.52 bits per heavy atom. The number of anilines is 1. The van der Waals surface area contributed by atoms with E-state index in [1.165, 1.54) is 5.56 Å². The standard InChI is InChI=1S/C32H34N8O2/c1-21-15-23(20-40-13-11-38(3)12-14-40)17-26(16-21)35-31(41)25-6-5-22(2)28(18-25)42-32-27-19-34-39(4)30(27)36-29(37-32)24-7-9-33-10-8-24/h5-10,15-19H,11-14,20H2,1-4H3,(H,35,41). The monoisotopic (exact) mass is 562 g/mol. The van der Waals surface area contributed by atoms with E-state index < -0.39 is 0 Å². The fourth-order valence-electron chi connectivity index (χ4n) is 5.15. The molecule has 1 amide bonds. The number of benzene rings is 2. The van der Waals surface area contributed by atoms with Crippen molar-refractivity contribution >= 4 is 22.6 Å². The van der Waals surface area contributed by atoms with Crippen LogP contribution in [0.25, 0.3) is 22.4 Å². The summed E-state index contributed by atoms with van der Waals surface area (Å²) in [5.41, 5.74) is 5.90. The highest BCUT2D eigenvalue weighted by molar-refractivity contribution is 6.04. The molecule has 1 saturated heterocycles. The molecule has 10 nitrogen and oxygen atoms in total. The number of carbonyl (C=O) groups is 1. The number of carbonyl (C=O) groups excluding carboxylic acids is 1. The molecule has 0 atom stereocenters. The molecule has 1 aliphatic heterocycles. The topological polar surface area (TPSA) is 101 Å². The summed E-state index contributed by atoms with van der Waals surface area (Å²) in [6, 6.07) is 15.4. The van der Waals surface area contributed by atoms with Crippen LogP contribution in [0.1, 0.15) is 27.0 Å². The summed E-state index contributed by atoms with van der Waals surface area (Å²) < 4.78 is 8.05. The minimum absolute atomic E-state index is 0.206. The average Bonchev–Trinajstić information content (AvgIpc) is 3.36. The van der Waals surface area contributed by atoms with Crippen LogP contribution in [0.2, 0.25) is 0 Å². The van der Waals surface area contributed by atoms with Crippen LogP contribution in [-0.2, 0) is 13.6 Å². The van der Waals surface area contributed by atoms with Gasteiger partial charge in [-0.2, -0.15) is 10.1 Å². The second-order valence-electron chi connectivity index (χ2n) is 10.9. The van der Waals surface area contributed by atoms with Gasteiger partial charge in [-0.15, -0.1) is 0 Å². The lowest BCUT2D eigenvalue weighted by Crippen LogP contribution is -2.43. The van der Waals surface area contributed by atoms with Crippen LogP contribution in [0, 0.1) is 13.8 Å². The third-order valence-corrected chi connectivity index (χ3v) is 7.55. The Morgan fingerprint density at radius 1 is 0.952 bits per heavy atom. The zero-order valence-corrected chi connectivity index (χ0v) is 24.3. The Morgan fingerprint density at radius 2 is 1.74 bits per heavy atom. The number of amides is 1. The molecular weight excluding hydrogens is 528 g/mol. The van der Waals surface area contributed by atoms with Gasteiger partial charge < -0.3 is 15.0 Å². The van der Waals surface area contributed by atoms with Crippen LogP contribution in [0.3, 0.4) is 0 Å². The molecule has 10 heteroatoms. The number of hydrogen-bond donors (Lipinski definition) is 1.